The summed E-state index contributed by atoms with van der Waals surface area (Å²) in [5.74, 6) is 0.891. The van der Waals surface area contributed by atoms with Crippen molar-refractivity contribution >= 4 is 17.4 Å². The molecule has 1 heterocycles. The standard InChI is InChI=1S/C16H16N4O3/c21-16(19-14-6-7-17-10-15(14)20(22)23)18-9-12-8-13(12)11-4-2-1-3-5-11/h1-7,10,12-13H,8-9H2,(H2,17,18,19,21). The number of urea groups is 1. The molecule has 2 unspecified atom stereocenters. The fourth-order valence-corrected chi connectivity index (χ4v) is 2.61. The van der Waals surface area contributed by atoms with Crippen molar-refractivity contribution in [2.24, 2.45) is 5.92 Å². The van der Waals surface area contributed by atoms with Crippen LogP contribution in [0.5, 0.6) is 0 Å². The summed E-state index contributed by atoms with van der Waals surface area (Å²) in [6.07, 6.45) is 3.55. The number of carbonyl (C=O) groups is 1. The Kier molecular flexibility index (Phi) is 4.18. The normalized spacial score (nSPS) is 19.0. The molecule has 0 saturated heterocycles. The van der Waals surface area contributed by atoms with Crippen molar-refractivity contribution in [2.75, 3.05) is 11.9 Å². The Bertz CT molecular complexity index is 720. The van der Waals surface area contributed by atoms with E-state index in [4.69, 9.17) is 0 Å². The third-order valence-corrected chi connectivity index (χ3v) is 3.92. The second-order valence-corrected chi connectivity index (χ2v) is 5.50. The van der Waals surface area contributed by atoms with Gasteiger partial charge < -0.3 is 10.6 Å². The number of nitro groups is 1. The molecule has 1 saturated carbocycles. The van der Waals surface area contributed by atoms with Crippen LogP contribution in [0, 0.1) is 16.0 Å². The summed E-state index contributed by atoms with van der Waals surface area (Å²) in [5, 5.41) is 16.1. The first-order valence-electron chi connectivity index (χ1n) is 7.33. The summed E-state index contributed by atoms with van der Waals surface area (Å²) < 4.78 is 0. The van der Waals surface area contributed by atoms with Crippen molar-refractivity contribution in [2.45, 2.75) is 12.3 Å². The zero-order valence-electron chi connectivity index (χ0n) is 12.3. The number of amides is 2. The van der Waals surface area contributed by atoms with Crippen molar-refractivity contribution in [1.29, 1.82) is 0 Å². The van der Waals surface area contributed by atoms with E-state index in [1.807, 2.05) is 18.2 Å². The van der Waals surface area contributed by atoms with E-state index in [1.54, 1.807) is 0 Å². The first kappa shape index (κ1) is 15.0. The third kappa shape index (κ3) is 3.63. The van der Waals surface area contributed by atoms with Crippen LogP contribution in [-0.2, 0) is 0 Å². The highest BCUT2D eigenvalue weighted by Crippen LogP contribution is 2.46. The van der Waals surface area contributed by atoms with Gasteiger partial charge in [0, 0.05) is 12.7 Å². The molecule has 0 bridgehead atoms. The molecule has 1 fully saturated rings. The molecule has 2 aromatic rings. The summed E-state index contributed by atoms with van der Waals surface area (Å²) in [5.41, 5.74) is 1.19. The van der Waals surface area contributed by atoms with Crippen LogP contribution in [-0.4, -0.2) is 22.5 Å². The van der Waals surface area contributed by atoms with Gasteiger partial charge in [-0.05, 0) is 29.9 Å². The average Bonchev–Trinajstić information content (AvgIpc) is 3.34. The largest absolute Gasteiger partial charge is 0.338 e. The van der Waals surface area contributed by atoms with Crippen LogP contribution in [0.15, 0.2) is 48.8 Å². The minimum Gasteiger partial charge on any atom is -0.338 e. The summed E-state index contributed by atoms with van der Waals surface area (Å²) in [6.45, 7) is 0.546. The maximum absolute atomic E-state index is 11.9. The highest BCUT2D eigenvalue weighted by atomic mass is 16.6. The molecule has 1 aromatic carbocycles. The van der Waals surface area contributed by atoms with Crippen LogP contribution < -0.4 is 10.6 Å². The van der Waals surface area contributed by atoms with Gasteiger partial charge in [0.15, 0.2) is 0 Å². The van der Waals surface area contributed by atoms with Gasteiger partial charge in [-0.15, -0.1) is 0 Å². The van der Waals surface area contributed by atoms with Crippen molar-refractivity contribution in [1.82, 2.24) is 10.3 Å². The number of benzene rings is 1. The van der Waals surface area contributed by atoms with Crippen LogP contribution in [0.4, 0.5) is 16.2 Å². The molecule has 2 atom stereocenters. The molecule has 7 heteroatoms. The number of nitrogens with zero attached hydrogens (tertiary/aromatic N) is 2. The molecular weight excluding hydrogens is 296 g/mol. The lowest BCUT2D eigenvalue weighted by molar-refractivity contribution is -0.384. The maximum Gasteiger partial charge on any atom is 0.319 e. The minimum absolute atomic E-state index is 0.137. The van der Waals surface area contributed by atoms with Gasteiger partial charge in [-0.3, -0.25) is 15.1 Å². The van der Waals surface area contributed by atoms with Crippen LogP contribution in [0.1, 0.15) is 17.9 Å². The molecular formula is C16H16N4O3. The van der Waals surface area contributed by atoms with Gasteiger partial charge in [0.05, 0.1) is 4.92 Å². The fraction of sp³-hybridized carbons (Fsp3) is 0.250. The Morgan fingerprint density at radius 2 is 2.09 bits per heavy atom. The fourth-order valence-electron chi connectivity index (χ4n) is 2.61. The molecule has 1 aliphatic rings. The number of rotatable bonds is 5. The highest BCUT2D eigenvalue weighted by molar-refractivity contribution is 5.91. The van der Waals surface area contributed by atoms with Gasteiger partial charge in [0.1, 0.15) is 11.9 Å². The first-order valence-corrected chi connectivity index (χ1v) is 7.33. The van der Waals surface area contributed by atoms with E-state index in [2.05, 4.69) is 27.8 Å². The van der Waals surface area contributed by atoms with E-state index >= 15 is 0 Å². The lowest BCUT2D eigenvalue weighted by Crippen LogP contribution is -2.30. The van der Waals surface area contributed by atoms with E-state index in [-0.39, 0.29) is 11.4 Å². The third-order valence-electron chi connectivity index (χ3n) is 3.92. The van der Waals surface area contributed by atoms with Gasteiger partial charge in [-0.1, -0.05) is 30.3 Å². The predicted octanol–water partition coefficient (Wildman–Crippen LogP) is 2.92. The molecule has 2 amide bonds. The molecule has 1 aliphatic carbocycles. The highest BCUT2D eigenvalue weighted by Gasteiger charge is 2.38. The van der Waals surface area contributed by atoms with E-state index < -0.39 is 11.0 Å². The molecule has 3 rings (SSSR count). The minimum atomic E-state index is -0.574. The number of pyridine rings is 1. The van der Waals surface area contributed by atoms with E-state index in [1.165, 1.54) is 17.8 Å². The van der Waals surface area contributed by atoms with Crippen LogP contribution in [0.2, 0.25) is 0 Å². The molecule has 0 spiro atoms. The molecule has 2 N–H and O–H groups in total. The van der Waals surface area contributed by atoms with Gasteiger partial charge in [0.2, 0.25) is 0 Å². The molecule has 7 nitrogen and oxygen atoms in total. The van der Waals surface area contributed by atoms with E-state index in [0.717, 1.165) is 12.6 Å². The Balaban J connectivity index is 1.51. The van der Waals surface area contributed by atoms with Crippen LogP contribution in [0.3, 0.4) is 0 Å². The molecule has 23 heavy (non-hydrogen) atoms. The zero-order chi connectivity index (χ0) is 16.2. The second-order valence-electron chi connectivity index (χ2n) is 5.50. The Hall–Kier alpha value is -2.96. The second kappa shape index (κ2) is 6.43. The van der Waals surface area contributed by atoms with Gasteiger partial charge >= 0.3 is 11.7 Å². The Morgan fingerprint density at radius 1 is 1.30 bits per heavy atom. The van der Waals surface area contributed by atoms with Crippen molar-refractivity contribution < 1.29 is 9.72 Å². The summed E-state index contributed by atoms with van der Waals surface area (Å²) in [7, 11) is 0. The van der Waals surface area contributed by atoms with Crippen LogP contribution >= 0.6 is 0 Å². The maximum atomic E-state index is 11.9. The average molecular weight is 312 g/mol. The number of anilines is 1. The van der Waals surface area contributed by atoms with Gasteiger partial charge in [0.25, 0.3) is 0 Å². The summed E-state index contributed by atoms with van der Waals surface area (Å²) >= 11 is 0. The summed E-state index contributed by atoms with van der Waals surface area (Å²) in [6, 6.07) is 11.1. The number of aromatic nitrogens is 1. The quantitative estimate of drug-likeness (QED) is 0.655. The van der Waals surface area contributed by atoms with Crippen molar-refractivity contribution in [3.8, 4) is 0 Å². The molecule has 1 aromatic heterocycles. The lowest BCUT2D eigenvalue weighted by Gasteiger charge is -2.07. The number of carbonyl (C=O) groups excluding carboxylic acids is 1. The molecule has 118 valence electrons. The Labute approximate surface area is 132 Å². The van der Waals surface area contributed by atoms with Crippen LogP contribution in [0.25, 0.3) is 0 Å². The van der Waals surface area contributed by atoms with Gasteiger partial charge in [-0.25, -0.2) is 4.79 Å². The van der Waals surface area contributed by atoms with E-state index in [9.17, 15) is 14.9 Å². The summed E-state index contributed by atoms with van der Waals surface area (Å²) in [4.78, 5) is 25.9. The Morgan fingerprint density at radius 3 is 2.83 bits per heavy atom. The topological polar surface area (TPSA) is 97.2 Å². The lowest BCUT2D eigenvalue weighted by atomic mass is 10.1. The SMILES string of the molecule is O=C(NCC1CC1c1ccccc1)Nc1ccncc1[N+](=O)[O-]. The number of nitrogens with one attached hydrogen (secondary N) is 2. The smallest absolute Gasteiger partial charge is 0.319 e. The molecule has 0 radical (unpaired) electrons. The number of hydrogen-bond donors (Lipinski definition) is 2. The monoisotopic (exact) mass is 312 g/mol. The van der Waals surface area contributed by atoms with Gasteiger partial charge in [-0.2, -0.15) is 0 Å². The predicted molar refractivity (Wildman–Crippen MR) is 85.2 cm³/mol. The molecule has 0 aliphatic heterocycles. The van der Waals surface area contributed by atoms with E-state index in [0.29, 0.717) is 18.4 Å². The van der Waals surface area contributed by atoms with Crippen molar-refractivity contribution in [3.63, 3.8) is 0 Å². The zero-order valence-corrected chi connectivity index (χ0v) is 12.3. The first-order chi connectivity index (χ1) is 11.1. The number of hydrogen-bond acceptors (Lipinski definition) is 4. The van der Waals surface area contributed by atoms with Crippen molar-refractivity contribution in [3.05, 3.63) is 64.5 Å².